The van der Waals surface area contributed by atoms with Gasteiger partial charge >= 0.3 is 0 Å². The molecule has 1 aromatic carbocycles. The van der Waals surface area contributed by atoms with Crippen molar-refractivity contribution in [2.24, 2.45) is 0 Å². The van der Waals surface area contributed by atoms with E-state index < -0.39 is 9.84 Å². The van der Waals surface area contributed by atoms with Crippen molar-refractivity contribution in [2.75, 3.05) is 19.3 Å². The number of rotatable bonds is 3. The number of hydrogen-bond donors (Lipinski definition) is 0. The zero-order valence-electron chi connectivity index (χ0n) is 14.1. The lowest BCUT2D eigenvalue weighted by molar-refractivity contribution is 0.0795. The summed E-state index contributed by atoms with van der Waals surface area (Å²) in [7, 11) is -3.25. The van der Waals surface area contributed by atoms with Crippen molar-refractivity contribution in [3.63, 3.8) is 0 Å². The van der Waals surface area contributed by atoms with Crippen LogP contribution in [0.25, 0.3) is 0 Å². The number of benzene rings is 1. The van der Waals surface area contributed by atoms with Crippen LogP contribution in [0, 0.1) is 13.8 Å². The van der Waals surface area contributed by atoms with E-state index in [4.69, 9.17) is 0 Å². The molecule has 2 aromatic rings. The maximum absolute atomic E-state index is 12.6. The zero-order chi connectivity index (χ0) is 17.5. The van der Waals surface area contributed by atoms with Crippen molar-refractivity contribution in [3.8, 4) is 0 Å². The zero-order valence-corrected chi connectivity index (χ0v) is 15.7. The minimum Gasteiger partial charge on any atom is -0.337 e. The van der Waals surface area contributed by atoms with Crippen LogP contribution in [0.2, 0.25) is 0 Å². The summed E-state index contributed by atoms with van der Waals surface area (Å²) in [5.74, 6) is 0.283. The second-order valence-corrected chi connectivity index (χ2v) is 9.81. The average Bonchev–Trinajstić information content (AvgIpc) is 3.15. The summed E-state index contributed by atoms with van der Waals surface area (Å²) in [4.78, 5) is 15.0. The number of amides is 1. The van der Waals surface area contributed by atoms with Crippen LogP contribution in [0.3, 0.4) is 0 Å². The number of hydrogen-bond acceptors (Lipinski definition) is 4. The van der Waals surface area contributed by atoms with E-state index in [1.54, 1.807) is 6.07 Å². The minimum atomic E-state index is -3.25. The van der Waals surface area contributed by atoms with Gasteiger partial charge in [-0.2, -0.15) is 0 Å². The predicted octanol–water partition coefficient (Wildman–Crippen LogP) is 3.40. The van der Waals surface area contributed by atoms with E-state index in [1.807, 2.05) is 4.90 Å². The third-order valence-corrected chi connectivity index (χ3v) is 7.39. The first-order valence-corrected chi connectivity index (χ1v) is 10.6. The Hall–Kier alpha value is -1.66. The van der Waals surface area contributed by atoms with Crippen LogP contribution in [0.4, 0.5) is 0 Å². The molecule has 24 heavy (non-hydrogen) atoms. The van der Waals surface area contributed by atoms with Crippen LogP contribution >= 0.6 is 11.3 Å². The molecule has 1 atom stereocenters. The Morgan fingerprint density at radius 3 is 2.58 bits per heavy atom. The van der Waals surface area contributed by atoms with Crippen molar-refractivity contribution >= 4 is 27.1 Å². The third-order valence-electron chi connectivity index (χ3n) is 4.50. The van der Waals surface area contributed by atoms with E-state index in [-0.39, 0.29) is 10.1 Å². The van der Waals surface area contributed by atoms with Crippen LogP contribution in [0.15, 0.2) is 34.5 Å². The summed E-state index contributed by atoms with van der Waals surface area (Å²) in [5, 5.41) is 0. The van der Waals surface area contributed by atoms with E-state index in [1.165, 1.54) is 29.0 Å². The van der Waals surface area contributed by atoms with Gasteiger partial charge in [-0.15, -0.1) is 11.3 Å². The van der Waals surface area contributed by atoms with Crippen molar-refractivity contribution in [2.45, 2.75) is 30.4 Å². The molecule has 1 aliphatic rings. The summed E-state index contributed by atoms with van der Waals surface area (Å²) in [5.41, 5.74) is 3.82. The summed E-state index contributed by atoms with van der Waals surface area (Å²) < 4.78 is 23.4. The number of thiophene rings is 1. The SMILES string of the molecule is Cc1ccc([C@H]2CCN(C(=O)c3ccc(S(C)(=O)=O)s3)C2)c(C)c1. The quantitative estimate of drug-likeness (QED) is 0.840. The molecule has 1 aliphatic heterocycles. The lowest BCUT2D eigenvalue weighted by atomic mass is 9.93. The predicted molar refractivity (Wildman–Crippen MR) is 96.6 cm³/mol. The molecule has 1 saturated heterocycles. The highest BCUT2D eigenvalue weighted by atomic mass is 32.2. The van der Waals surface area contributed by atoms with Gasteiger partial charge in [-0.25, -0.2) is 8.42 Å². The molecule has 0 radical (unpaired) electrons. The fourth-order valence-electron chi connectivity index (χ4n) is 3.27. The third kappa shape index (κ3) is 3.39. The van der Waals surface area contributed by atoms with Gasteiger partial charge in [0.15, 0.2) is 9.84 Å². The molecule has 1 aromatic heterocycles. The molecule has 0 N–H and O–H groups in total. The van der Waals surface area contributed by atoms with Crippen molar-refractivity contribution in [1.29, 1.82) is 0 Å². The summed E-state index contributed by atoms with van der Waals surface area (Å²) >= 11 is 1.06. The highest BCUT2D eigenvalue weighted by molar-refractivity contribution is 7.92. The van der Waals surface area contributed by atoms with Crippen molar-refractivity contribution < 1.29 is 13.2 Å². The fourth-order valence-corrected chi connectivity index (χ4v) is 5.17. The second-order valence-electron chi connectivity index (χ2n) is 6.49. The van der Waals surface area contributed by atoms with Crippen LogP contribution in [0.1, 0.15) is 38.7 Å². The molecule has 6 heteroatoms. The largest absolute Gasteiger partial charge is 0.337 e. The number of likely N-dealkylation sites (tertiary alicyclic amines) is 1. The summed E-state index contributed by atoms with van der Waals surface area (Å²) in [6.07, 6.45) is 2.11. The molecule has 0 aliphatic carbocycles. The first kappa shape index (κ1) is 17.2. The van der Waals surface area contributed by atoms with Crippen LogP contribution < -0.4 is 0 Å². The van der Waals surface area contributed by atoms with Crippen molar-refractivity contribution in [1.82, 2.24) is 4.90 Å². The molecule has 0 spiro atoms. The number of aryl methyl sites for hydroxylation is 2. The number of sulfone groups is 1. The Bertz CT molecular complexity index is 883. The van der Waals surface area contributed by atoms with Crippen LogP contribution in [-0.4, -0.2) is 38.6 Å². The molecule has 0 saturated carbocycles. The molecular weight excluding hydrogens is 342 g/mol. The highest BCUT2D eigenvalue weighted by Gasteiger charge is 2.29. The first-order valence-electron chi connectivity index (χ1n) is 7.92. The topological polar surface area (TPSA) is 54.5 Å². The van der Waals surface area contributed by atoms with E-state index in [2.05, 4.69) is 32.0 Å². The standard InChI is InChI=1S/C18H21NO3S2/c1-12-4-5-15(13(2)10-12)14-8-9-19(11-14)18(20)16-6-7-17(23-16)24(3,21)22/h4-7,10,14H,8-9,11H2,1-3H3/t14-/m0/s1. The van der Waals surface area contributed by atoms with Gasteiger partial charge in [0, 0.05) is 25.3 Å². The average molecular weight is 364 g/mol. The molecule has 1 fully saturated rings. The van der Waals surface area contributed by atoms with Gasteiger partial charge in [0.05, 0.1) is 4.88 Å². The minimum absolute atomic E-state index is 0.0674. The van der Waals surface area contributed by atoms with E-state index in [9.17, 15) is 13.2 Å². The molecule has 1 amide bonds. The Kier molecular flexibility index (Phi) is 4.53. The molecular formula is C18H21NO3S2. The Balaban J connectivity index is 1.75. The Labute approximate surface area is 147 Å². The van der Waals surface area contributed by atoms with E-state index in [0.29, 0.717) is 23.9 Å². The fraction of sp³-hybridized carbons (Fsp3) is 0.389. The Morgan fingerprint density at radius 2 is 1.96 bits per heavy atom. The summed E-state index contributed by atoms with van der Waals surface area (Å²) in [6, 6.07) is 9.59. The maximum atomic E-state index is 12.6. The van der Waals surface area contributed by atoms with E-state index >= 15 is 0 Å². The van der Waals surface area contributed by atoms with Gasteiger partial charge in [-0.1, -0.05) is 23.8 Å². The Morgan fingerprint density at radius 1 is 1.21 bits per heavy atom. The van der Waals surface area contributed by atoms with Gasteiger partial charge in [0.1, 0.15) is 4.21 Å². The monoisotopic (exact) mass is 363 g/mol. The summed E-state index contributed by atoms with van der Waals surface area (Å²) in [6.45, 7) is 5.60. The number of carbonyl (C=O) groups excluding carboxylic acids is 1. The highest BCUT2D eigenvalue weighted by Crippen LogP contribution is 2.32. The maximum Gasteiger partial charge on any atom is 0.263 e. The normalized spacial score (nSPS) is 18.1. The first-order chi connectivity index (χ1) is 11.3. The van der Waals surface area contributed by atoms with Gasteiger partial charge in [0.2, 0.25) is 0 Å². The molecule has 128 valence electrons. The lowest BCUT2D eigenvalue weighted by Gasteiger charge is -2.17. The second kappa shape index (κ2) is 6.33. The molecule has 2 heterocycles. The molecule has 0 bridgehead atoms. The van der Waals surface area contributed by atoms with Gasteiger partial charge in [0.25, 0.3) is 5.91 Å². The van der Waals surface area contributed by atoms with Gasteiger partial charge in [-0.05, 0) is 43.5 Å². The van der Waals surface area contributed by atoms with Gasteiger partial charge in [-0.3, -0.25) is 4.79 Å². The lowest BCUT2D eigenvalue weighted by Crippen LogP contribution is -2.27. The number of nitrogens with zero attached hydrogens (tertiary/aromatic N) is 1. The molecule has 3 rings (SSSR count). The van der Waals surface area contributed by atoms with Gasteiger partial charge < -0.3 is 4.90 Å². The van der Waals surface area contributed by atoms with Crippen LogP contribution in [-0.2, 0) is 9.84 Å². The van der Waals surface area contributed by atoms with Crippen LogP contribution in [0.5, 0.6) is 0 Å². The molecule has 4 nitrogen and oxygen atoms in total. The van der Waals surface area contributed by atoms with E-state index in [0.717, 1.165) is 17.8 Å². The molecule has 0 unspecified atom stereocenters. The number of carbonyl (C=O) groups is 1. The smallest absolute Gasteiger partial charge is 0.263 e. The van der Waals surface area contributed by atoms with Crippen molar-refractivity contribution in [3.05, 3.63) is 51.9 Å².